The van der Waals surface area contributed by atoms with Crippen LogP contribution in [-0.2, 0) is 11.2 Å². The van der Waals surface area contributed by atoms with E-state index in [1.165, 1.54) is 18.2 Å². The number of benzene rings is 1. The summed E-state index contributed by atoms with van der Waals surface area (Å²) in [5, 5.41) is 12.0. The number of aromatic carboxylic acids is 1. The lowest BCUT2D eigenvalue weighted by Crippen LogP contribution is -2.18. The molecule has 2 aromatic rings. The lowest BCUT2D eigenvalue weighted by Gasteiger charge is -2.09. The van der Waals surface area contributed by atoms with Gasteiger partial charge in [0.15, 0.2) is 0 Å². The van der Waals surface area contributed by atoms with Gasteiger partial charge in [-0.15, -0.1) is 0 Å². The monoisotopic (exact) mass is 304 g/mol. The number of rotatable bonds is 4. The molecule has 0 aliphatic carbocycles. The Kier molecular flexibility index (Phi) is 4.55. The van der Waals surface area contributed by atoms with Crippen LogP contribution in [0.1, 0.15) is 21.6 Å². The Balaban J connectivity index is 2.18. The van der Waals surface area contributed by atoms with Crippen molar-refractivity contribution >= 4 is 29.2 Å². The molecule has 2 N–H and O–H groups in total. The number of carbonyl (C=O) groups excluding carboxylic acids is 1. The summed E-state index contributed by atoms with van der Waals surface area (Å²) in [5.74, 6) is -1.47. The number of aryl methyl sites for hydroxylation is 1. The minimum absolute atomic E-state index is 0.00880. The number of hydrogen-bond acceptors (Lipinski definition) is 3. The molecule has 0 aliphatic rings. The summed E-state index contributed by atoms with van der Waals surface area (Å²) in [6.45, 7) is 1.86. The van der Waals surface area contributed by atoms with Crippen molar-refractivity contribution in [3.8, 4) is 0 Å². The molecule has 1 aromatic carbocycles. The molecule has 0 aliphatic heterocycles. The molecular weight excluding hydrogens is 292 g/mol. The third-order valence-corrected chi connectivity index (χ3v) is 3.17. The molecule has 1 aromatic heterocycles. The van der Waals surface area contributed by atoms with E-state index in [0.29, 0.717) is 10.7 Å². The summed E-state index contributed by atoms with van der Waals surface area (Å²) < 4.78 is 0. The molecule has 2 rings (SSSR count). The molecule has 0 bridgehead atoms. The quantitative estimate of drug-likeness (QED) is 0.910. The van der Waals surface area contributed by atoms with Gasteiger partial charge in [-0.25, -0.2) is 4.79 Å². The molecule has 0 unspecified atom stereocenters. The molecule has 0 saturated heterocycles. The lowest BCUT2D eigenvalue weighted by molar-refractivity contribution is -0.115. The summed E-state index contributed by atoms with van der Waals surface area (Å²) in [6, 6.07) is 7.87. The maximum atomic E-state index is 12.0. The van der Waals surface area contributed by atoms with E-state index in [-0.39, 0.29) is 23.6 Å². The van der Waals surface area contributed by atoms with Gasteiger partial charge in [0.25, 0.3) is 0 Å². The van der Waals surface area contributed by atoms with E-state index >= 15 is 0 Å². The fourth-order valence-electron chi connectivity index (χ4n) is 1.86. The van der Waals surface area contributed by atoms with Crippen molar-refractivity contribution in [1.29, 1.82) is 0 Å². The zero-order chi connectivity index (χ0) is 15.4. The second-order valence-electron chi connectivity index (χ2n) is 4.49. The van der Waals surface area contributed by atoms with E-state index in [0.717, 1.165) is 5.56 Å². The van der Waals surface area contributed by atoms with Gasteiger partial charge in [-0.2, -0.15) is 0 Å². The van der Waals surface area contributed by atoms with Gasteiger partial charge in [0.05, 0.1) is 23.4 Å². The maximum absolute atomic E-state index is 12.0. The van der Waals surface area contributed by atoms with E-state index in [4.69, 9.17) is 16.7 Å². The molecular formula is C15H13ClN2O3. The van der Waals surface area contributed by atoms with Crippen LogP contribution in [0.4, 0.5) is 5.69 Å². The van der Waals surface area contributed by atoms with Crippen molar-refractivity contribution < 1.29 is 14.7 Å². The first-order chi connectivity index (χ1) is 9.97. The highest BCUT2D eigenvalue weighted by atomic mass is 35.5. The Morgan fingerprint density at radius 1 is 1.33 bits per heavy atom. The second kappa shape index (κ2) is 6.37. The van der Waals surface area contributed by atoms with Gasteiger partial charge in [-0.3, -0.25) is 9.78 Å². The van der Waals surface area contributed by atoms with Crippen molar-refractivity contribution in [2.75, 3.05) is 5.32 Å². The zero-order valence-corrected chi connectivity index (χ0v) is 12.0. The van der Waals surface area contributed by atoms with Crippen LogP contribution in [0.2, 0.25) is 5.02 Å². The van der Waals surface area contributed by atoms with Gasteiger partial charge in [-0.05, 0) is 36.8 Å². The summed E-state index contributed by atoms with van der Waals surface area (Å²) >= 11 is 5.83. The number of carboxylic acids is 1. The SMILES string of the molecule is Cc1cccnc1CC(=O)Nc1cc(Cl)ccc1C(=O)O. The Hall–Kier alpha value is -2.40. The third kappa shape index (κ3) is 3.79. The number of halogens is 1. The molecule has 0 spiro atoms. The van der Waals surface area contributed by atoms with Crippen molar-refractivity contribution in [2.45, 2.75) is 13.3 Å². The highest BCUT2D eigenvalue weighted by Gasteiger charge is 2.14. The van der Waals surface area contributed by atoms with E-state index < -0.39 is 5.97 Å². The normalized spacial score (nSPS) is 10.2. The summed E-state index contributed by atoms with van der Waals surface area (Å²) in [4.78, 5) is 27.3. The van der Waals surface area contributed by atoms with Crippen LogP contribution in [0.3, 0.4) is 0 Å². The first-order valence-corrected chi connectivity index (χ1v) is 6.58. The van der Waals surface area contributed by atoms with Crippen LogP contribution in [0.5, 0.6) is 0 Å². The second-order valence-corrected chi connectivity index (χ2v) is 4.92. The van der Waals surface area contributed by atoms with Gasteiger partial charge >= 0.3 is 5.97 Å². The smallest absolute Gasteiger partial charge is 0.337 e. The highest BCUT2D eigenvalue weighted by molar-refractivity contribution is 6.31. The van der Waals surface area contributed by atoms with Crippen LogP contribution in [0, 0.1) is 6.92 Å². The van der Waals surface area contributed by atoms with Crippen LogP contribution >= 0.6 is 11.6 Å². The Labute approximate surface area is 126 Å². The average molecular weight is 305 g/mol. The summed E-state index contributed by atoms with van der Waals surface area (Å²) in [5.41, 5.74) is 1.71. The molecule has 21 heavy (non-hydrogen) atoms. The Morgan fingerprint density at radius 3 is 2.76 bits per heavy atom. The van der Waals surface area contributed by atoms with E-state index in [1.807, 2.05) is 13.0 Å². The Morgan fingerprint density at radius 2 is 2.10 bits per heavy atom. The van der Waals surface area contributed by atoms with Crippen LogP contribution < -0.4 is 5.32 Å². The van der Waals surface area contributed by atoms with Gasteiger partial charge < -0.3 is 10.4 Å². The summed E-state index contributed by atoms with van der Waals surface area (Å²) in [6.07, 6.45) is 1.68. The van der Waals surface area contributed by atoms with Gasteiger partial charge in [0.2, 0.25) is 5.91 Å². The van der Waals surface area contributed by atoms with Crippen molar-refractivity contribution in [3.63, 3.8) is 0 Å². The van der Waals surface area contributed by atoms with Crippen LogP contribution in [0.25, 0.3) is 0 Å². The lowest BCUT2D eigenvalue weighted by atomic mass is 10.1. The molecule has 5 nitrogen and oxygen atoms in total. The summed E-state index contributed by atoms with van der Waals surface area (Å²) in [7, 11) is 0. The van der Waals surface area contributed by atoms with Gasteiger partial charge in [0, 0.05) is 11.2 Å². The zero-order valence-electron chi connectivity index (χ0n) is 11.3. The number of amides is 1. The number of anilines is 1. The average Bonchev–Trinajstić information content (AvgIpc) is 2.41. The Bertz CT molecular complexity index is 701. The topological polar surface area (TPSA) is 79.3 Å². The number of aromatic nitrogens is 1. The molecule has 6 heteroatoms. The fraction of sp³-hybridized carbons (Fsp3) is 0.133. The molecule has 0 fully saturated rings. The largest absolute Gasteiger partial charge is 0.478 e. The van der Waals surface area contributed by atoms with E-state index in [2.05, 4.69) is 10.3 Å². The standard InChI is InChI=1S/C15H13ClN2O3/c1-9-3-2-6-17-12(9)8-14(19)18-13-7-10(16)4-5-11(13)15(20)21/h2-7H,8H2,1H3,(H,18,19)(H,20,21). The minimum atomic E-state index is -1.13. The number of carbonyl (C=O) groups is 2. The van der Waals surface area contributed by atoms with Crippen LogP contribution in [0.15, 0.2) is 36.5 Å². The number of hydrogen-bond donors (Lipinski definition) is 2. The van der Waals surface area contributed by atoms with Crippen molar-refractivity contribution in [1.82, 2.24) is 4.98 Å². The fourth-order valence-corrected chi connectivity index (χ4v) is 2.03. The molecule has 1 amide bonds. The van der Waals surface area contributed by atoms with Gasteiger partial charge in [-0.1, -0.05) is 17.7 Å². The number of nitrogens with zero attached hydrogens (tertiary/aromatic N) is 1. The van der Waals surface area contributed by atoms with Crippen molar-refractivity contribution in [3.05, 3.63) is 58.4 Å². The molecule has 0 atom stereocenters. The number of nitrogens with one attached hydrogen (secondary N) is 1. The van der Waals surface area contributed by atoms with Gasteiger partial charge in [0.1, 0.15) is 0 Å². The molecule has 0 saturated carbocycles. The highest BCUT2D eigenvalue weighted by Crippen LogP contribution is 2.21. The predicted octanol–water partition coefficient (Wildman–Crippen LogP) is 2.92. The predicted molar refractivity (Wildman–Crippen MR) is 79.7 cm³/mol. The molecule has 108 valence electrons. The first kappa shape index (κ1) is 15.0. The number of pyridine rings is 1. The molecule has 0 radical (unpaired) electrons. The number of carboxylic acid groups (broad SMARTS) is 1. The van der Waals surface area contributed by atoms with Crippen LogP contribution in [-0.4, -0.2) is 22.0 Å². The minimum Gasteiger partial charge on any atom is -0.478 e. The maximum Gasteiger partial charge on any atom is 0.337 e. The van der Waals surface area contributed by atoms with E-state index in [1.54, 1.807) is 12.3 Å². The third-order valence-electron chi connectivity index (χ3n) is 2.93. The first-order valence-electron chi connectivity index (χ1n) is 6.20. The molecule has 1 heterocycles. The van der Waals surface area contributed by atoms with E-state index in [9.17, 15) is 9.59 Å². The van der Waals surface area contributed by atoms with Crippen molar-refractivity contribution in [2.24, 2.45) is 0 Å².